The molecule has 2 aromatic carbocycles. The van der Waals surface area contributed by atoms with Crippen LogP contribution in [0.1, 0.15) is 5.56 Å². The molecule has 0 aliphatic carbocycles. The van der Waals surface area contributed by atoms with Gasteiger partial charge >= 0.3 is 11.8 Å². The summed E-state index contributed by atoms with van der Waals surface area (Å²) in [6, 6.07) is 13.9. The molecule has 2 aromatic rings. The van der Waals surface area contributed by atoms with Gasteiger partial charge < -0.3 is 10.6 Å². The summed E-state index contributed by atoms with van der Waals surface area (Å²) < 4.78 is 0. The summed E-state index contributed by atoms with van der Waals surface area (Å²) >= 11 is 11.6. The molecule has 108 valence electrons. The number of amides is 2. The molecule has 0 bridgehead atoms. The van der Waals surface area contributed by atoms with Gasteiger partial charge in [-0.2, -0.15) is 0 Å². The molecule has 0 aliphatic heterocycles. The van der Waals surface area contributed by atoms with E-state index in [1.165, 1.54) is 18.2 Å². The highest BCUT2D eigenvalue weighted by molar-refractivity contribution is 6.40. The molecular formula is C15H12Cl2N2O2. The van der Waals surface area contributed by atoms with Crippen molar-refractivity contribution in [2.24, 2.45) is 0 Å². The molecular weight excluding hydrogens is 311 g/mol. The molecule has 2 amide bonds. The molecule has 2 N–H and O–H groups in total. The predicted octanol–water partition coefficient (Wildman–Crippen LogP) is 3.25. The van der Waals surface area contributed by atoms with Gasteiger partial charge in [0.1, 0.15) is 0 Å². The molecule has 0 spiro atoms. The van der Waals surface area contributed by atoms with Gasteiger partial charge in [-0.15, -0.1) is 0 Å². The van der Waals surface area contributed by atoms with Gasteiger partial charge in [-0.3, -0.25) is 9.59 Å². The van der Waals surface area contributed by atoms with Crippen LogP contribution in [0.3, 0.4) is 0 Å². The van der Waals surface area contributed by atoms with Crippen LogP contribution in [-0.4, -0.2) is 11.8 Å². The Labute approximate surface area is 132 Å². The maximum atomic E-state index is 11.7. The number of rotatable bonds is 3. The predicted molar refractivity (Wildman–Crippen MR) is 83.4 cm³/mol. The third kappa shape index (κ3) is 4.77. The van der Waals surface area contributed by atoms with Crippen molar-refractivity contribution in [2.75, 3.05) is 5.32 Å². The van der Waals surface area contributed by atoms with Crippen LogP contribution < -0.4 is 10.6 Å². The Morgan fingerprint density at radius 2 is 1.52 bits per heavy atom. The Balaban J connectivity index is 1.92. The Bertz CT molecular complexity index is 640. The van der Waals surface area contributed by atoms with Gasteiger partial charge in [0.2, 0.25) is 0 Å². The molecule has 0 radical (unpaired) electrons. The lowest BCUT2D eigenvalue weighted by atomic mass is 10.2. The van der Waals surface area contributed by atoms with Gasteiger partial charge in [0, 0.05) is 22.3 Å². The van der Waals surface area contributed by atoms with Crippen molar-refractivity contribution in [1.82, 2.24) is 5.32 Å². The highest BCUT2D eigenvalue weighted by Gasteiger charge is 2.13. The molecule has 0 unspecified atom stereocenters. The van der Waals surface area contributed by atoms with Gasteiger partial charge in [-0.05, 0) is 23.8 Å². The smallest absolute Gasteiger partial charge is 0.313 e. The third-order valence-corrected chi connectivity index (χ3v) is 3.06. The standard InChI is InChI=1S/C15H12Cl2N2O2/c16-11-6-12(17)8-13(7-11)19-15(21)14(20)18-9-10-4-2-1-3-5-10/h1-8H,9H2,(H,18,20)(H,19,21). The third-order valence-electron chi connectivity index (χ3n) is 2.62. The number of nitrogens with one attached hydrogen (secondary N) is 2. The molecule has 0 aliphatic rings. The lowest BCUT2D eigenvalue weighted by Crippen LogP contribution is -2.34. The summed E-state index contributed by atoms with van der Waals surface area (Å²) in [6.45, 7) is 0.281. The van der Waals surface area contributed by atoms with Gasteiger partial charge in [0.25, 0.3) is 0 Å². The van der Waals surface area contributed by atoms with E-state index in [4.69, 9.17) is 23.2 Å². The molecule has 0 atom stereocenters. The first-order valence-corrected chi connectivity index (χ1v) is 6.89. The zero-order chi connectivity index (χ0) is 15.2. The minimum absolute atomic E-state index is 0.281. The van der Waals surface area contributed by atoms with E-state index in [1.807, 2.05) is 30.3 Å². The van der Waals surface area contributed by atoms with E-state index in [-0.39, 0.29) is 6.54 Å². The Morgan fingerprint density at radius 1 is 0.905 bits per heavy atom. The number of hydrogen-bond acceptors (Lipinski definition) is 2. The summed E-state index contributed by atoms with van der Waals surface area (Å²) in [4.78, 5) is 23.4. The van der Waals surface area contributed by atoms with E-state index < -0.39 is 11.8 Å². The molecule has 0 fully saturated rings. The molecule has 0 saturated carbocycles. The van der Waals surface area contributed by atoms with Crippen molar-refractivity contribution >= 4 is 40.7 Å². The Morgan fingerprint density at radius 3 is 2.14 bits per heavy atom. The quantitative estimate of drug-likeness (QED) is 0.852. The van der Waals surface area contributed by atoms with Crippen molar-refractivity contribution in [3.05, 3.63) is 64.1 Å². The lowest BCUT2D eigenvalue weighted by Gasteiger charge is -2.07. The average Bonchev–Trinajstić information content (AvgIpc) is 2.44. The first-order chi connectivity index (χ1) is 10.0. The van der Waals surface area contributed by atoms with Crippen LogP contribution in [0.5, 0.6) is 0 Å². The maximum absolute atomic E-state index is 11.7. The summed E-state index contributed by atoms with van der Waals surface area (Å²) in [5.41, 5.74) is 1.27. The summed E-state index contributed by atoms with van der Waals surface area (Å²) in [5.74, 6) is -1.50. The Hall–Kier alpha value is -2.04. The molecule has 21 heavy (non-hydrogen) atoms. The monoisotopic (exact) mass is 322 g/mol. The van der Waals surface area contributed by atoms with E-state index >= 15 is 0 Å². The number of carbonyl (C=O) groups excluding carboxylic acids is 2. The fourth-order valence-electron chi connectivity index (χ4n) is 1.67. The SMILES string of the molecule is O=C(NCc1ccccc1)C(=O)Nc1cc(Cl)cc(Cl)c1. The second kappa shape index (κ2) is 7.11. The van der Waals surface area contributed by atoms with E-state index in [0.717, 1.165) is 5.56 Å². The van der Waals surface area contributed by atoms with Crippen LogP contribution in [0.2, 0.25) is 10.0 Å². The van der Waals surface area contributed by atoms with Crippen LogP contribution in [0, 0.1) is 0 Å². The van der Waals surface area contributed by atoms with E-state index in [2.05, 4.69) is 10.6 Å². The zero-order valence-electron chi connectivity index (χ0n) is 10.9. The summed E-state index contributed by atoms with van der Waals surface area (Å²) in [6.07, 6.45) is 0. The number of hydrogen-bond donors (Lipinski definition) is 2. The summed E-state index contributed by atoms with van der Waals surface area (Å²) in [7, 11) is 0. The second-order valence-corrected chi connectivity index (χ2v) is 5.15. The van der Waals surface area contributed by atoms with Crippen molar-refractivity contribution in [3.63, 3.8) is 0 Å². The Kier molecular flexibility index (Phi) is 5.20. The van der Waals surface area contributed by atoms with E-state index in [0.29, 0.717) is 15.7 Å². The molecule has 0 heterocycles. The van der Waals surface area contributed by atoms with Gasteiger partial charge in [-0.1, -0.05) is 53.5 Å². The van der Waals surface area contributed by atoms with E-state index in [1.54, 1.807) is 0 Å². The topological polar surface area (TPSA) is 58.2 Å². The maximum Gasteiger partial charge on any atom is 0.313 e. The van der Waals surface area contributed by atoms with Crippen molar-refractivity contribution < 1.29 is 9.59 Å². The highest BCUT2D eigenvalue weighted by Crippen LogP contribution is 2.22. The minimum atomic E-state index is -0.774. The van der Waals surface area contributed by atoms with Crippen LogP contribution in [0.4, 0.5) is 5.69 Å². The summed E-state index contributed by atoms with van der Waals surface area (Å²) in [5, 5.41) is 5.73. The average molecular weight is 323 g/mol. The number of benzene rings is 2. The first kappa shape index (κ1) is 15.4. The fraction of sp³-hybridized carbons (Fsp3) is 0.0667. The minimum Gasteiger partial charge on any atom is -0.344 e. The zero-order valence-corrected chi connectivity index (χ0v) is 12.4. The largest absolute Gasteiger partial charge is 0.344 e. The first-order valence-electron chi connectivity index (χ1n) is 6.14. The molecule has 2 rings (SSSR count). The van der Waals surface area contributed by atoms with E-state index in [9.17, 15) is 9.59 Å². The van der Waals surface area contributed by atoms with Crippen molar-refractivity contribution in [1.29, 1.82) is 0 Å². The second-order valence-electron chi connectivity index (χ2n) is 4.28. The normalized spacial score (nSPS) is 10.0. The molecule has 4 nitrogen and oxygen atoms in total. The van der Waals surface area contributed by atoms with Gasteiger partial charge in [-0.25, -0.2) is 0 Å². The van der Waals surface area contributed by atoms with Crippen molar-refractivity contribution in [2.45, 2.75) is 6.54 Å². The highest BCUT2D eigenvalue weighted by atomic mass is 35.5. The molecule has 0 saturated heterocycles. The van der Waals surface area contributed by atoms with Crippen LogP contribution in [-0.2, 0) is 16.1 Å². The number of carbonyl (C=O) groups is 2. The van der Waals surface area contributed by atoms with Gasteiger partial charge in [0.05, 0.1) is 0 Å². The fourth-order valence-corrected chi connectivity index (χ4v) is 2.20. The molecule has 0 aromatic heterocycles. The number of halogens is 2. The van der Waals surface area contributed by atoms with Gasteiger partial charge in [0.15, 0.2) is 0 Å². The van der Waals surface area contributed by atoms with Crippen molar-refractivity contribution in [3.8, 4) is 0 Å². The van der Waals surface area contributed by atoms with Crippen LogP contribution >= 0.6 is 23.2 Å². The van der Waals surface area contributed by atoms with Crippen LogP contribution in [0.25, 0.3) is 0 Å². The lowest BCUT2D eigenvalue weighted by molar-refractivity contribution is -0.136. The molecule has 6 heteroatoms. The van der Waals surface area contributed by atoms with Crippen LogP contribution in [0.15, 0.2) is 48.5 Å². The number of anilines is 1.